The molecule has 2 N–H and O–H groups in total. The Labute approximate surface area is 146 Å². The Morgan fingerprint density at radius 1 is 1.08 bits per heavy atom. The van der Waals surface area contributed by atoms with Gasteiger partial charge in [0, 0.05) is 5.69 Å². The second-order valence-corrected chi connectivity index (χ2v) is 7.28. The summed E-state index contributed by atoms with van der Waals surface area (Å²) in [5.74, 6) is -0.429. The molecule has 0 saturated heterocycles. The molecule has 0 aromatic heterocycles. The third-order valence-corrected chi connectivity index (χ3v) is 4.47. The van der Waals surface area contributed by atoms with Gasteiger partial charge in [0.1, 0.15) is 11.6 Å². The molecule has 2 rings (SSSR count). The van der Waals surface area contributed by atoms with Crippen LogP contribution in [0.25, 0.3) is 0 Å². The van der Waals surface area contributed by atoms with E-state index in [-0.39, 0.29) is 11.0 Å². The van der Waals surface area contributed by atoms with Crippen molar-refractivity contribution in [1.29, 1.82) is 0 Å². The number of halogens is 1. The molecule has 0 fully saturated rings. The zero-order chi connectivity index (χ0) is 18.4. The lowest BCUT2D eigenvalue weighted by molar-refractivity contribution is -0.115. The van der Waals surface area contributed by atoms with Gasteiger partial charge in [0.2, 0.25) is 15.9 Å². The first-order valence-electron chi connectivity index (χ1n) is 7.58. The molecule has 0 aliphatic rings. The number of carbonyl (C=O) groups is 1. The largest absolute Gasteiger partial charge is 0.491 e. The Morgan fingerprint density at radius 2 is 1.68 bits per heavy atom. The fourth-order valence-corrected chi connectivity index (χ4v) is 2.93. The maximum atomic E-state index is 12.8. The van der Waals surface area contributed by atoms with Crippen LogP contribution in [-0.2, 0) is 14.8 Å². The maximum Gasteiger partial charge on any atom is 0.241 e. The summed E-state index contributed by atoms with van der Waals surface area (Å²) in [5, 5.41) is 2.47. The van der Waals surface area contributed by atoms with Crippen LogP contribution in [0.1, 0.15) is 13.8 Å². The molecule has 0 bridgehead atoms. The number of hydrogen-bond donors (Lipinski definition) is 2. The summed E-state index contributed by atoms with van der Waals surface area (Å²) in [5.41, 5.74) is 0.376. The van der Waals surface area contributed by atoms with Crippen LogP contribution >= 0.6 is 0 Å². The fraction of sp³-hybridized carbons (Fsp3) is 0.235. The van der Waals surface area contributed by atoms with E-state index in [9.17, 15) is 17.6 Å². The van der Waals surface area contributed by atoms with E-state index in [0.717, 1.165) is 0 Å². The summed E-state index contributed by atoms with van der Waals surface area (Å²) in [6.07, 6.45) is -0.0178. The van der Waals surface area contributed by atoms with Crippen molar-refractivity contribution < 1.29 is 22.3 Å². The molecule has 0 aliphatic heterocycles. The number of rotatable bonds is 7. The van der Waals surface area contributed by atoms with Crippen molar-refractivity contribution in [2.24, 2.45) is 0 Å². The molecule has 25 heavy (non-hydrogen) atoms. The summed E-state index contributed by atoms with van der Waals surface area (Å²) >= 11 is 0. The number of anilines is 1. The van der Waals surface area contributed by atoms with Crippen LogP contribution in [0.15, 0.2) is 53.4 Å². The number of sulfonamides is 1. The first kappa shape index (κ1) is 18.9. The highest BCUT2D eigenvalue weighted by Gasteiger charge is 2.16. The third kappa shape index (κ3) is 5.84. The molecule has 2 aromatic carbocycles. The number of nitrogens with one attached hydrogen (secondary N) is 2. The average Bonchev–Trinajstić information content (AvgIpc) is 2.55. The molecule has 0 heterocycles. The summed E-state index contributed by atoms with van der Waals surface area (Å²) in [6.45, 7) is 3.29. The van der Waals surface area contributed by atoms with Crippen LogP contribution in [0.5, 0.6) is 5.75 Å². The van der Waals surface area contributed by atoms with Gasteiger partial charge in [0.25, 0.3) is 0 Å². The molecule has 1 amide bonds. The van der Waals surface area contributed by atoms with E-state index < -0.39 is 28.3 Å². The van der Waals surface area contributed by atoms with Crippen LogP contribution in [0.2, 0.25) is 0 Å². The van der Waals surface area contributed by atoms with Gasteiger partial charge < -0.3 is 10.1 Å². The van der Waals surface area contributed by atoms with E-state index in [2.05, 4.69) is 10.0 Å². The van der Waals surface area contributed by atoms with Gasteiger partial charge in [-0.1, -0.05) is 0 Å². The van der Waals surface area contributed by atoms with Gasteiger partial charge in [-0.2, -0.15) is 0 Å². The van der Waals surface area contributed by atoms with E-state index in [1.54, 1.807) is 12.1 Å². The van der Waals surface area contributed by atoms with Crippen molar-refractivity contribution in [1.82, 2.24) is 4.72 Å². The van der Waals surface area contributed by atoms with E-state index in [1.807, 2.05) is 13.8 Å². The van der Waals surface area contributed by atoms with Gasteiger partial charge in [-0.05, 0) is 62.4 Å². The van der Waals surface area contributed by atoms with Crippen molar-refractivity contribution in [2.45, 2.75) is 24.8 Å². The molecule has 0 atom stereocenters. The number of ether oxygens (including phenoxy) is 1. The van der Waals surface area contributed by atoms with Crippen LogP contribution in [0, 0.1) is 5.82 Å². The zero-order valence-corrected chi connectivity index (χ0v) is 14.6. The second-order valence-electron chi connectivity index (χ2n) is 5.52. The molecule has 0 aliphatic carbocycles. The van der Waals surface area contributed by atoms with Crippen molar-refractivity contribution in [3.05, 3.63) is 54.3 Å². The fourth-order valence-electron chi connectivity index (χ4n) is 1.95. The minimum Gasteiger partial charge on any atom is -0.491 e. The summed E-state index contributed by atoms with van der Waals surface area (Å²) in [7, 11) is -3.83. The highest BCUT2D eigenvalue weighted by atomic mass is 32.2. The molecule has 6 nitrogen and oxygen atoms in total. The number of hydrogen-bond acceptors (Lipinski definition) is 4. The van der Waals surface area contributed by atoms with Crippen LogP contribution in [0.4, 0.5) is 10.1 Å². The van der Waals surface area contributed by atoms with Gasteiger partial charge >= 0.3 is 0 Å². The standard InChI is InChI=1S/C17H19FN2O4S/c1-12(2)24-15-7-9-16(10-8-15)25(22,23)19-11-17(21)20-14-5-3-13(18)4-6-14/h3-10,12,19H,11H2,1-2H3,(H,20,21). The Kier molecular flexibility index (Phi) is 6.11. The normalized spacial score (nSPS) is 11.4. The molecule has 0 unspecified atom stereocenters. The Morgan fingerprint density at radius 3 is 2.24 bits per heavy atom. The first-order valence-corrected chi connectivity index (χ1v) is 9.06. The number of benzene rings is 2. The maximum absolute atomic E-state index is 12.8. The monoisotopic (exact) mass is 366 g/mol. The van der Waals surface area contributed by atoms with Crippen molar-refractivity contribution in [2.75, 3.05) is 11.9 Å². The topological polar surface area (TPSA) is 84.5 Å². The molecular formula is C17H19FN2O4S. The Hall–Kier alpha value is -2.45. The molecular weight excluding hydrogens is 347 g/mol. The Balaban J connectivity index is 1.94. The molecule has 0 radical (unpaired) electrons. The van der Waals surface area contributed by atoms with Gasteiger partial charge in [0.15, 0.2) is 0 Å². The van der Waals surface area contributed by atoms with Crippen molar-refractivity contribution in [3.63, 3.8) is 0 Å². The van der Waals surface area contributed by atoms with Gasteiger partial charge in [-0.25, -0.2) is 17.5 Å². The second kappa shape index (κ2) is 8.09. The summed E-state index contributed by atoms with van der Waals surface area (Å²) < 4.78 is 44.8. The van der Waals surface area contributed by atoms with Crippen LogP contribution < -0.4 is 14.8 Å². The number of amides is 1. The lowest BCUT2D eigenvalue weighted by atomic mass is 10.3. The zero-order valence-electron chi connectivity index (χ0n) is 13.8. The predicted molar refractivity (Wildman–Crippen MR) is 92.4 cm³/mol. The lowest BCUT2D eigenvalue weighted by Gasteiger charge is -2.11. The smallest absolute Gasteiger partial charge is 0.241 e. The highest BCUT2D eigenvalue weighted by molar-refractivity contribution is 7.89. The highest BCUT2D eigenvalue weighted by Crippen LogP contribution is 2.17. The third-order valence-electron chi connectivity index (χ3n) is 3.06. The Bertz CT molecular complexity index is 819. The van der Waals surface area contributed by atoms with Crippen LogP contribution in [0.3, 0.4) is 0 Å². The molecule has 0 spiro atoms. The SMILES string of the molecule is CC(C)Oc1ccc(S(=O)(=O)NCC(=O)Nc2ccc(F)cc2)cc1. The lowest BCUT2D eigenvalue weighted by Crippen LogP contribution is -2.32. The van der Waals surface area contributed by atoms with Crippen LogP contribution in [-0.4, -0.2) is 27.0 Å². The van der Waals surface area contributed by atoms with E-state index in [4.69, 9.17) is 4.74 Å². The van der Waals surface area contributed by atoms with E-state index in [1.165, 1.54) is 36.4 Å². The summed E-state index contributed by atoms with van der Waals surface area (Å²) in [4.78, 5) is 11.8. The van der Waals surface area contributed by atoms with Gasteiger partial charge in [-0.15, -0.1) is 0 Å². The first-order chi connectivity index (χ1) is 11.8. The predicted octanol–water partition coefficient (Wildman–Crippen LogP) is 2.53. The minimum absolute atomic E-state index is 0.0178. The quantitative estimate of drug-likeness (QED) is 0.789. The van der Waals surface area contributed by atoms with Crippen molar-refractivity contribution in [3.8, 4) is 5.75 Å². The van der Waals surface area contributed by atoms with Gasteiger partial charge in [0.05, 0.1) is 17.5 Å². The summed E-state index contributed by atoms with van der Waals surface area (Å²) in [6, 6.07) is 11.1. The number of carbonyl (C=O) groups excluding carboxylic acids is 1. The van der Waals surface area contributed by atoms with Gasteiger partial charge in [-0.3, -0.25) is 4.79 Å². The minimum atomic E-state index is -3.83. The molecule has 8 heteroatoms. The average molecular weight is 366 g/mol. The molecule has 134 valence electrons. The molecule has 0 saturated carbocycles. The molecule has 2 aromatic rings. The van der Waals surface area contributed by atoms with E-state index >= 15 is 0 Å². The van der Waals surface area contributed by atoms with E-state index in [0.29, 0.717) is 11.4 Å². The van der Waals surface area contributed by atoms with Crippen molar-refractivity contribution >= 4 is 21.6 Å².